The summed E-state index contributed by atoms with van der Waals surface area (Å²) in [4.78, 5) is 0. The van der Waals surface area contributed by atoms with Gasteiger partial charge in [0.25, 0.3) is 0 Å². The Balaban J connectivity index is 1.47. The molecular weight excluding hydrogens is 338 g/mol. The van der Waals surface area contributed by atoms with Gasteiger partial charge in [-0.15, -0.1) is 10.2 Å². The van der Waals surface area contributed by atoms with Gasteiger partial charge in [0, 0.05) is 32.3 Å². The minimum absolute atomic E-state index is 0.101. The van der Waals surface area contributed by atoms with Crippen molar-refractivity contribution in [1.82, 2.24) is 14.8 Å². The van der Waals surface area contributed by atoms with Crippen LogP contribution in [0.2, 0.25) is 0 Å². The third-order valence-corrected chi connectivity index (χ3v) is 6.67. The molecule has 2 aromatic rings. The molecule has 1 aromatic heterocycles. The van der Waals surface area contributed by atoms with Crippen LogP contribution in [0.5, 0.6) is 0 Å². The number of fused-ring (bicyclic) bond motifs is 1. The maximum atomic E-state index is 6.14. The molecule has 5 rings (SSSR count). The van der Waals surface area contributed by atoms with Gasteiger partial charge in [-0.3, -0.25) is 0 Å². The molecule has 1 unspecified atom stereocenters. The molecule has 3 aliphatic heterocycles. The molecule has 5 heteroatoms. The van der Waals surface area contributed by atoms with Crippen LogP contribution < -0.4 is 0 Å². The van der Waals surface area contributed by atoms with Crippen molar-refractivity contribution in [3.8, 4) is 0 Å². The first-order valence-electron chi connectivity index (χ1n) is 10.6. The number of hydrogen-bond acceptors (Lipinski definition) is 4. The molecule has 3 atom stereocenters. The zero-order valence-corrected chi connectivity index (χ0v) is 15.9. The van der Waals surface area contributed by atoms with E-state index in [0.29, 0.717) is 17.8 Å². The standard InChI is InChI=1S/C22H29N3O2/c1-2-6-17(7-3-1)20-19(11-15-27-20)22-24-23-21-18(8-4-5-12-25(21)22)16-9-13-26-14-10-16/h1-3,6-7,16,18-20H,4-5,8-15H2/t18?,19-,20+/m0/s1. The molecule has 27 heavy (non-hydrogen) atoms. The number of aromatic nitrogens is 3. The van der Waals surface area contributed by atoms with Crippen LogP contribution in [0.25, 0.3) is 0 Å². The number of hydrogen-bond donors (Lipinski definition) is 0. The second kappa shape index (κ2) is 7.72. The highest BCUT2D eigenvalue weighted by atomic mass is 16.5. The minimum atomic E-state index is 0.101. The van der Waals surface area contributed by atoms with E-state index < -0.39 is 0 Å². The normalized spacial score (nSPS) is 29.4. The van der Waals surface area contributed by atoms with E-state index in [1.165, 1.54) is 30.7 Å². The van der Waals surface area contributed by atoms with E-state index in [0.717, 1.165) is 51.5 Å². The molecular formula is C22H29N3O2. The number of benzene rings is 1. The Bertz CT molecular complexity index is 754. The summed E-state index contributed by atoms with van der Waals surface area (Å²) in [6, 6.07) is 10.6. The van der Waals surface area contributed by atoms with E-state index in [9.17, 15) is 0 Å². The fourth-order valence-corrected chi connectivity index (χ4v) is 5.26. The fourth-order valence-electron chi connectivity index (χ4n) is 5.26. The molecule has 0 spiro atoms. The Morgan fingerprint density at radius 1 is 0.815 bits per heavy atom. The maximum Gasteiger partial charge on any atom is 0.139 e. The third kappa shape index (κ3) is 3.32. The summed E-state index contributed by atoms with van der Waals surface area (Å²) in [7, 11) is 0. The van der Waals surface area contributed by atoms with Crippen molar-refractivity contribution < 1.29 is 9.47 Å². The van der Waals surface area contributed by atoms with Gasteiger partial charge in [-0.2, -0.15) is 0 Å². The van der Waals surface area contributed by atoms with Crippen LogP contribution in [0.1, 0.15) is 73.7 Å². The zero-order valence-electron chi connectivity index (χ0n) is 15.9. The highest BCUT2D eigenvalue weighted by Crippen LogP contribution is 2.43. The summed E-state index contributed by atoms with van der Waals surface area (Å²) in [6.07, 6.45) is 7.20. The van der Waals surface area contributed by atoms with Gasteiger partial charge in [-0.25, -0.2) is 0 Å². The van der Waals surface area contributed by atoms with E-state index in [1.54, 1.807) is 0 Å². The molecule has 1 aromatic carbocycles. The Hall–Kier alpha value is -1.72. The van der Waals surface area contributed by atoms with Crippen LogP contribution in [-0.2, 0) is 16.0 Å². The van der Waals surface area contributed by atoms with Crippen molar-refractivity contribution in [2.45, 2.75) is 63.0 Å². The second-order valence-corrected chi connectivity index (χ2v) is 8.22. The summed E-state index contributed by atoms with van der Waals surface area (Å²) >= 11 is 0. The topological polar surface area (TPSA) is 49.2 Å². The largest absolute Gasteiger partial charge is 0.381 e. The van der Waals surface area contributed by atoms with Crippen molar-refractivity contribution in [2.24, 2.45) is 5.92 Å². The van der Waals surface area contributed by atoms with E-state index in [2.05, 4.69) is 34.9 Å². The maximum absolute atomic E-state index is 6.14. The van der Waals surface area contributed by atoms with Gasteiger partial charge < -0.3 is 14.0 Å². The van der Waals surface area contributed by atoms with Gasteiger partial charge in [0.2, 0.25) is 0 Å². The summed E-state index contributed by atoms with van der Waals surface area (Å²) in [5, 5.41) is 9.51. The fraction of sp³-hybridized carbons (Fsp3) is 0.636. The lowest BCUT2D eigenvalue weighted by molar-refractivity contribution is 0.0556. The first-order chi connectivity index (χ1) is 13.4. The quantitative estimate of drug-likeness (QED) is 0.815. The Morgan fingerprint density at radius 2 is 1.59 bits per heavy atom. The van der Waals surface area contributed by atoms with Gasteiger partial charge in [-0.05, 0) is 43.6 Å². The predicted octanol–water partition coefficient (Wildman–Crippen LogP) is 4.22. The molecule has 0 saturated carbocycles. The van der Waals surface area contributed by atoms with Gasteiger partial charge in [0.05, 0.1) is 12.0 Å². The molecule has 0 bridgehead atoms. The van der Waals surface area contributed by atoms with Crippen molar-refractivity contribution in [1.29, 1.82) is 0 Å². The van der Waals surface area contributed by atoms with Crippen molar-refractivity contribution >= 4 is 0 Å². The molecule has 0 amide bonds. The van der Waals surface area contributed by atoms with Crippen LogP contribution in [0, 0.1) is 5.92 Å². The van der Waals surface area contributed by atoms with Gasteiger partial charge in [0.15, 0.2) is 0 Å². The molecule has 2 saturated heterocycles. The highest BCUT2D eigenvalue weighted by molar-refractivity contribution is 5.23. The summed E-state index contributed by atoms with van der Waals surface area (Å²) in [6.45, 7) is 3.65. The lowest BCUT2D eigenvalue weighted by Gasteiger charge is -2.29. The number of nitrogens with zero attached hydrogens (tertiary/aromatic N) is 3. The van der Waals surface area contributed by atoms with E-state index in [-0.39, 0.29) is 6.10 Å². The molecule has 4 heterocycles. The molecule has 0 radical (unpaired) electrons. The Morgan fingerprint density at radius 3 is 2.41 bits per heavy atom. The molecule has 144 valence electrons. The summed E-state index contributed by atoms with van der Waals surface area (Å²) < 4.78 is 14.2. The van der Waals surface area contributed by atoms with E-state index in [1.807, 2.05) is 0 Å². The first kappa shape index (κ1) is 17.4. The van der Waals surface area contributed by atoms with Crippen molar-refractivity contribution in [2.75, 3.05) is 19.8 Å². The van der Waals surface area contributed by atoms with E-state index >= 15 is 0 Å². The summed E-state index contributed by atoms with van der Waals surface area (Å²) in [5.41, 5.74) is 1.26. The predicted molar refractivity (Wildman–Crippen MR) is 103 cm³/mol. The van der Waals surface area contributed by atoms with Crippen LogP contribution in [-0.4, -0.2) is 34.6 Å². The van der Waals surface area contributed by atoms with Crippen LogP contribution >= 0.6 is 0 Å². The Kier molecular flexibility index (Phi) is 4.97. The molecule has 2 fully saturated rings. The average molecular weight is 367 g/mol. The van der Waals surface area contributed by atoms with E-state index in [4.69, 9.17) is 19.7 Å². The van der Waals surface area contributed by atoms with Crippen molar-refractivity contribution in [3.63, 3.8) is 0 Å². The van der Waals surface area contributed by atoms with Gasteiger partial charge in [-0.1, -0.05) is 36.8 Å². The molecule has 0 N–H and O–H groups in total. The number of rotatable bonds is 3. The molecule has 5 nitrogen and oxygen atoms in total. The highest BCUT2D eigenvalue weighted by Gasteiger charge is 2.38. The zero-order chi connectivity index (χ0) is 18.1. The first-order valence-corrected chi connectivity index (χ1v) is 10.6. The van der Waals surface area contributed by atoms with Gasteiger partial charge in [0.1, 0.15) is 11.6 Å². The molecule has 3 aliphatic rings. The summed E-state index contributed by atoms with van der Waals surface area (Å²) in [5.74, 6) is 3.91. The Labute approximate surface area is 161 Å². The van der Waals surface area contributed by atoms with Gasteiger partial charge >= 0.3 is 0 Å². The SMILES string of the molecule is c1ccc([C@H]2OCC[C@@H]2c2nnc3n2CCCCC3C2CCOCC2)cc1. The van der Waals surface area contributed by atoms with Crippen LogP contribution in [0.15, 0.2) is 30.3 Å². The lowest BCUT2D eigenvalue weighted by atomic mass is 9.82. The minimum Gasteiger partial charge on any atom is -0.381 e. The van der Waals surface area contributed by atoms with Crippen LogP contribution in [0.3, 0.4) is 0 Å². The average Bonchev–Trinajstić information content (AvgIpc) is 3.31. The lowest BCUT2D eigenvalue weighted by Crippen LogP contribution is -2.24. The third-order valence-electron chi connectivity index (χ3n) is 6.67. The monoisotopic (exact) mass is 367 g/mol. The van der Waals surface area contributed by atoms with Crippen molar-refractivity contribution in [3.05, 3.63) is 47.5 Å². The van der Waals surface area contributed by atoms with Crippen LogP contribution in [0.4, 0.5) is 0 Å². The molecule has 0 aliphatic carbocycles. The smallest absolute Gasteiger partial charge is 0.139 e. The second-order valence-electron chi connectivity index (χ2n) is 8.22. The number of ether oxygens (including phenoxy) is 2.